The topological polar surface area (TPSA) is 75.6 Å². The zero-order chi connectivity index (χ0) is 16.4. The number of hydroxylamine groups is 1. The summed E-state index contributed by atoms with van der Waals surface area (Å²) in [6.45, 7) is 0. The van der Waals surface area contributed by atoms with Crippen molar-refractivity contribution in [2.45, 2.75) is 12.8 Å². The lowest BCUT2D eigenvalue weighted by Gasteiger charge is -2.08. The van der Waals surface area contributed by atoms with Gasteiger partial charge in [0.1, 0.15) is 5.75 Å². The predicted molar refractivity (Wildman–Crippen MR) is 83.9 cm³/mol. The van der Waals surface area contributed by atoms with Gasteiger partial charge in [-0.1, -0.05) is 12.1 Å². The van der Waals surface area contributed by atoms with Gasteiger partial charge in [-0.2, -0.15) is 0 Å². The molecule has 1 aliphatic carbocycles. The van der Waals surface area contributed by atoms with Crippen molar-refractivity contribution in [1.82, 2.24) is 5.48 Å². The Morgan fingerprint density at radius 2 is 2.00 bits per heavy atom. The summed E-state index contributed by atoms with van der Waals surface area (Å²) in [6.07, 6.45) is 1.32. The van der Waals surface area contributed by atoms with Crippen LogP contribution < -0.4 is 10.2 Å². The molecule has 1 aliphatic rings. The fraction of sp³-hybridized carbons (Fsp3) is 0.222. The lowest BCUT2D eigenvalue weighted by Crippen LogP contribution is -2.18. The van der Waals surface area contributed by atoms with Crippen LogP contribution in [0, 0.1) is 5.92 Å². The highest BCUT2D eigenvalue weighted by Gasteiger charge is 2.30. The van der Waals surface area contributed by atoms with Gasteiger partial charge in [0.25, 0.3) is 5.91 Å². The van der Waals surface area contributed by atoms with Crippen molar-refractivity contribution >= 4 is 11.7 Å². The van der Waals surface area contributed by atoms with Crippen molar-refractivity contribution in [3.8, 4) is 5.75 Å². The van der Waals surface area contributed by atoms with Crippen LogP contribution in [0.15, 0.2) is 42.5 Å². The molecule has 0 saturated carbocycles. The first kappa shape index (κ1) is 15.2. The zero-order valence-corrected chi connectivity index (χ0v) is 12.7. The summed E-state index contributed by atoms with van der Waals surface area (Å²) in [4.78, 5) is 23.8. The monoisotopic (exact) mass is 311 g/mol. The lowest BCUT2D eigenvalue weighted by atomic mass is 9.95. The number of benzene rings is 2. The first-order chi connectivity index (χ1) is 11.1. The molecule has 0 radical (unpaired) electrons. The molecule has 2 N–H and O–H groups in total. The molecule has 0 bridgehead atoms. The number of carbonyl (C=O) groups excluding carboxylic acids is 2. The number of rotatable bonds is 4. The number of amides is 1. The Balaban J connectivity index is 1.74. The summed E-state index contributed by atoms with van der Waals surface area (Å²) in [5.41, 5.74) is 4.75. The molecule has 2 aromatic rings. The van der Waals surface area contributed by atoms with Crippen LogP contribution in [0.2, 0.25) is 0 Å². The van der Waals surface area contributed by atoms with E-state index in [4.69, 9.17) is 9.94 Å². The highest BCUT2D eigenvalue weighted by molar-refractivity contribution is 6.02. The molecule has 0 aromatic heterocycles. The highest BCUT2D eigenvalue weighted by Crippen LogP contribution is 2.31. The van der Waals surface area contributed by atoms with E-state index in [0.717, 1.165) is 22.4 Å². The van der Waals surface area contributed by atoms with Crippen molar-refractivity contribution in [3.05, 3.63) is 64.7 Å². The molecule has 2 aromatic carbocycles. The normalized spacial score (nSPS) is 16.1. The number of nitrogens with one attached hydrogen (secondary N) is 1. The first-order valence-corrected chi connectivity index (χ1v) is 7.37. The molecule has 3 rings (SSSR count). The van der Waals surface area contributed by atoms with Gasteiger partial charge >= 0.3 is 0 Å². The third kappa shape index (κ3) is 2.96. The minimum absolute atomic E-state index is 0.0883. The molecule has 0 fully saturated rings. The summed E-state index contributed by atoms with van der Waals surface area (Å²) >= 11 is 0. The molecule has 23 heavy (non-hydrogen) atoms. The van der Waals surface area contributed by atoms with Crippen molar-refractivity contribution in [3.63, 3.8) is 0 Å². The van der Waals surface area contributed by atoms with Gasteiger partial charge in [0.15, 0.2) is 5.78 Å². The number of hydrogen-bond donors (Lipinski definition) is 2. The maximum absolute atomic E-state index is 12.5. The van der Waals surface area contributed by atoms with E-state index < -0.39 is 5.91 Å². The van der Waals surface area contributed by atoms with E-state index in [0.29, 0.717) is 18.4 Å². The molecular formula is C18H17NO4. The summed E-state index contributed by atoms with van der Waals surface area (Å²) in [5.74, 6) is 0.277. The predicted octanol–water partition coefficient (Wildman–Crippen LogP) is 2.41. The van der Waals surface area contributed by atoms with E-state index in [9.17, 15) is 9.59 Å². The number of Topliss-reactive ketones (excluding diaryl/α,β-unsaturated/α-hetero) is 1. The first-order valence-electron chi connectivity index (χ1n) is 7.37. The van der Waals surface area contributed by atoms with Gasteiger partial charge in [-0.05, 0) is 54.3 Å². The van der Waals surface area contributed by atoms with Gasteiger partial charge in [-0.25, -0.2) is 5.48 Å². The SMILES string of the molecule is COc1ccc2c(c1)CC(Cc1ccc(C(=O)NO)cc1)C2=O. The molecule has 1 unspecified atom stereocenters. The Labute approximate surface area is 133 Å². The Bertz CT molecular complexity index is 752. The van der Waals surface area contributed by atoms with Gasteiger partial charge in [0.2, 0.25) is 0 Å². The van der Waals surface area contributed by atoms with Crippen LogP contribution in [0.1, 0.15) is 31.8 Å². The minimum Gasteiger partial charge on any atom is -0.497 e. The molecule has 0 heterocycles. The number of ketones is 1. The van der Waals surface area contributed by atoms with Gasteiger partial charge in [0.05, 0.1) is 7.11 Å². The number of hydrogen-bond acceptors (Lipinski definition) is 4. The second-order valence-corrected chi connectivity index (χ2v) is 5.63. The van der Waals surface area contributed by atoms with Gasteiger partial charge in [-0.15, -0.1) is 0 Å². The largest absolute Gasteiger partial charge is 0.497 e. The van der Waals surface area contributed by atoms with Crippen LogP contribution in [0.25, 0.3) is 0 Å². The van der Waals surface area contributed by atoms with Crippen molar-refractivity contribution < 1.29 is 19.5 Å². The van der Waals surface area contributed by atoms with Crippen LogP contribution in [-0.2, 0) is 12.8 Å². The Morgan fingerprint density at radius 1 is 1.26 bits per heavy atom. The van der Waals surface area contributed by atoms with Crippen LogP contribution in [0.3, 0.4) is 0 Å². The average molecular weight is 311 g/mol. The molecule has 0 saturated heterocycles. The fourth-order valence-corrected chi connectivity index (χ4v) is 2.99. The molecule has 0 aliphatic heterocycles. The lowest BCUT2D eigenvalue weighted by molar-refractivity contribution is 0.0706. The average Bonchev–Trinajstić information content (AvgIpc) is 2.90. The number of carbonyl (C=O) groups is 2. The van der Waals surface area contributed by atoms with E-state index in [-0.39, 0.29) is 11.7 Å². The third-order valence-corrected chi connectivity index (χ3v) is 4.21. The maximum atomic E-state index is 12.5. The molecular weight excluding hydrogens is 294 g/mol. The second kappa shape index (κ2) is 6.22. The summed E-state index contributed by atoms with van der Waals surface area (Å²) < 4.78 is 5.20. The second-order valence-electron chi connectivity index (χ2n) is 5.63. The third-order valence-electron chi connectivity index (χ3n) is 4.21. The standard InChI is InChI=1S/C18H17NO4/c1-23-15-6-7-16-13(10-15)9-14(17(16)20)8-11-2-4-12(5-3-11)18(21)19-22/h2-7,10,14,22H,8-9H2,1H3,(H,19,21). The van der Waals surface area contributed by atoms with E-state index in [2.05, 4.69) is 0 Å². The van der Waals surface area contributed by atoms with Gasteiger partial charge < -0.3 is 4.74 Å². The van der Waals surface area contributed by atoms with Crippen LogP contribution in [0.5, 0.6) is 5.75 Å². The van der Waals surface area contributed by atoms with Crippen LogP contribution in [0.4, 0.5) is 0 Å². The van der Waals surface area contributed by atoms with E-state index >= 15 is 0 Å². The minimum atomic E-state index is -0.548. The Hall–Kier alpha value is -2.66. The van der Waals surface area contributed by atoms with E-state index in [1.54, 1.807) is 42.9 Å². The van der Waals surface area contributed by atoms with Gasteiger partial charge in [-0.3, -0.25) is 14.8 Å². The Kier molecular flexibility index (Phi) is 4.12. The summed E-state index contributed by atoms with van der Waals surface area (Å²) in [7, 11) is 1.61. The summed E-state index contributed by atoms with van der Waals surface area (Å²) in [5, 5.41) is 8.61. The van der Waals surface area contributed by atoms with Crippen LogP contribution in [-0.4, -0.2) is 24.0 Å². The highest BCUT2D eigenvalue weighted by atomic mass is 16.5. The van der Waals surface area contributed by atoms with E-state index in [1.165, 1.54) is 0 Å². The molecule has 5 nitrogen and oxygen atoms in total. The van der Waals surface area contributed by atoms with Gasteiger partial charge in [0, 0.05) is 17.0 Å². The fourth-order valence-electron chi connectivity index (χ4n) is 2.99. The maximum Gasteiger partial charge on any atom is 0.274 e. The molecule has 1 atom stereocenters. The van der Waals surface area contributed by atoms with Crippen molar-refractivity contribution in [1.29, 1.82) is 0 Å². The quantitative estimate of drug-likeness (QED) is 0.671. The zero-order valence-electron chi connectivity index (χ0n) is 12.7. The molecule has 118 valence electrons. The molecule has 1 amide bonds. The van der Waals surface area contributed by atoms with E-state index in [1.807, 2.05) is 12.1 Å². The smallest absolute Gasteiger partial charge is 0.274 e. The van der Waals surface area contributed by atoms with Crippen molar-refractivity contribution in [2.75, 3.05) is 7.11 Å². The Morgan fingerprint density at radius 3 is 2.65 bits per heavy atom. The number of fused-ring (bicyclic) bond motifs is 1. The summed E-state index contributed by atoms with van der Waals surface area (Å²) in [6, 6.07) is 12.4. The van der Waals surface area contributed by atoms with Crippen LogP contribution >= 0.6 is 0 Å². The van der Waals surface area contributed by atoms with Crippen molar-refractivity contribution in [2.24, 2.45) is 5.92 Å². The molecule has 5 heteroatoms. The number of ether oxygens (including phenoxy) is 1. The number of methoxy groups -OCH3 is 1. The molecule has 0 spiro atoms.